The molecule has 178 valence electrons. The molecule has 0 amide bonds. The molecular weight excluding hydrogens is 436 g/mol. The molecule has 0 aliphatic carbocycles. The van der Waals surface area contributed by atoms with Crippen LogP contribution >= 0.6 is 0 Å². The lowest BCUT2D eigenvalue weighted by Gasteiger charge is -2.33. The fraction of sp³-hybridized carbons (Fsp3) is 0.385. The summed E-state index contributed by atoms with van der Waals surface area (Å²) in [5.74, 6) is 0. The van der Waals surface area contributed by atoms with E-state index < -0.39 is 23.1 Å². The highest BCUT2D eigenvalue weighted by atomic mass is 16.7. The number of nitrogens with one attached hydrogen (secondary N) is 1. The monoisotopic (exact) mass is 464 g/mol. The fourth-order valence-electron chi connectivity index (χ4n) is 4.45. The third-order valence-electron chi connectivity index (χ3n) is 6.38. The molecule has 1 N–H and O–H groups in total. The van der Waals surface area contributed by atoms with Crippen LogP contribution in [0.5, 0.6) is 0 Å². The van der Waals surface area contributed by atoms with Crippen LogP contribution < -0.4 is 11.2 Å². The molecule has 8 nitrogen and oxygen atoms in total. The van der Waals surface area contributed by atoms with Crippen LogP contribution in [0.2, 0.25) is 0 Å². The Morgan fingerprint density at radius 1 is 1.03 bits per heavy atom. The second kappa shape index (κ2) is 9.68. The molecule has 2 saturated heterocycles. The number of rotatable bonds is 9. The normalized spacial score (nSPS) is 26.0. The minimum Gasteiger partial charge on any atom is -0.374 e. The Labute approximate surface area is 197 Å². The topological polar surface area (TPSA) is 95.1 Å². The molecule has 1 unspecified atom stereocenters. The standard InChI is InChI=1S/C26H28N2O6/c1-18-13-28(25(30)27-24(18)29)23-12-21(32-15-20-10-6-3-7-11-20)26(34-23,22-16-33-22)17-31-14-19-8-4-2-5-9-19/h2-11,13,21-23H,12,14-17H2,1H3,(H,27,29,30)/t21-,22?,23+,26+/m0/s1. The van der Waals surface area contributed by atoms with Crippen molar-refractivity contribution in [2.45, 2.75) is 50.6 Å². The van der Waals surface area contributed by atoms with Gasteiger partial charge >= 0.3 is 5.69 Å². The van der Waals surface area contributed by atoms with Crippen LogP contribution in [-0.2, 0) is 32.2 Å². The van der Waals surface area contributed by atoms with Crippen LogP contribution in [0.3, 0.4) is 0 Å². The van der Waals surface area contributed by atoms with Crippen molar-refractivity contribution in [1.82, 2.24) is 9.55 Å². The van der Waals surface area contributed by atoms with Gasteiger partial charge in [0.15, 0.2) is 0 Å². The van der Waals surface area contributed by atoms with Crippen LogP contribution in [-0.4, -0.2) is 40.6 Å². The number of aromatic amines is 1. The first kappa shape index (κ1) is 22.7. The molecule has 2 aliphatic heterocycles. The molecule has 0 bridgehead atoms. The Morgan fingerprint density at radius 3 is 2.32 bits per heavy atom. The van der Waals surface area contributed by atoms with E-state index in [-0.39, 0.29) is 18.8 Å². The highest BCUT2D eigenvalue weighted by Gasteiger charge is 2.60. The summed E-state index contributed by atoms with van der Waals surface area (Å²) in [4.78, 5) is 26.8. The number of aromatic nitrogens is 2. The number of hydrogen-bond acceptors (Lipinski definition) is 6. The Hall–Kier alpha value is -3.04. The predicted molar refractivity (Wildman–Crippen MR) is 124 cm³/mol. The average molecular weight is 465 g/mol. The summed E-state index contributed by atoms with van der Waals surface area (Å²) in [7, 11) is 0. The molecule has 5 rings (SSSR count). The molecule has 3 aromatic rings. The first-order chi connectivity index (χ1) is 16.5. The quantitative estimate of drug-likeness (QED) is 0.490. The lowest BCUT2D eigenvalue weighted by atomic mass is 9.93. The molecule has 0 saturated carbocycles. The second-order valence-corrected chi connectivity index (χ2v) is 8.83. The van der Waals surface area contributed by atoms with Gasteiger partial charge in [0.25, 0.3) is 5.56 Å². The van der Waals surface area contributed by atoms with E-state index in [1.54, 1.807) is 6.92 Å². The smallest absolute Gasteiger partial charge is 0.330 e. The highest BCUT2D eigenvalue weighted by Crippen LogP contribution is 2.45. The maximum atomic E-state index is 12.6. The lowest BCUT2D eigenvalue weighted by Crippen LogP contribution is -2.50. The van der Waals surface area contributed by atoms with E-state index in [1.165, 1.54) is 10.8 Å². The van der Waals surface area contributed by atoms with Gasteiger partial charge < -0.3 is 18.9 Å². The Balaban J connectivity index is 1.41. The summed E-state index contributed by atoms with van der Waals surface area (Å²) in [6.45, 7) is 3.26. The Kier molecular flexibility index (Phi) is 6.47. The van der Waals surface area contributed by atoms with Gasteiger partial charge in [-0.3, -0.25) is 14.3 Å². The molecule has 34 heavy (non-hydrogen) atoms. The van der Waals surface area contributed by atoms with Gasteiger partial charge in [-0.25, -0.2) is 4.79 Å². The molecule has 4 atom stereocenters. The fourth-order valence-corrected chi connectivity index (χ4v) is 4.45. The van der Waals surface area contributed by atoms with Crippen molar-refractivity contribution in [3.63, 3.8) is 0 Å². The van der Waals surface area contributed by atoms with Crippen LogP contribution in [0.15, 0.2) is 76.4 Å². The largest absolute Gasteiger partial charge is 0.374 e. The highest BCUT2D eigenvalue weighted by molar-refractivity contribution is 5.15. The van der Waals surface area contributed by atoms with E-state index in [1.807, 2.05) is 60.7 Å². The molecule has 8 heteroatoms. The van der Waals surface area contributed by atoms with Gasteiger partial charge in [0.05, 0.1) is 32.5 Å². The summed E-state index contributed by atoms with van der Waals surface area (Å²) in [5.41, 5.74) is 0.735. The van der Waals surface area contributed by atoms with Crippen LogP contribution in [0.4, 0.5) is 0 Å². The number of H-pyrrole nitrogens is 1. The van der Waals surface area contributed by atoms with Crippen molar-refractivity contribution < 1.29 is 18.9 Å². The zero-order valence-corrected chi connectivity index (χ0v) is 19.0. The summed E-state index contributed by atoms with van der Waals surface area (Å²) in [5, 5.41) is 0. The van der Waals surface area contributed by atoms with Crippen molar-refractivity contribution in [1.29, 1.82) is 0 Å². The first-order valence-electron chi connectivity index (χ1n) is 11.4. The molecular formula is C26H28N2O6. The molecule has 2 aromatic carbocycles. The number of ether oxygens (including phenoxy) is 4. The van der Waals surface area contributed by atoms with Crippen molar-refractivity contribution in [2.75, 3.05) is 13.2 Å². The van der Waals surface area contributed by atoms with Crippen molar-refractivity contribution in [3.05, 3.63) is 104 Å². The third-order valence-corrected chi connectivity index (χ3v) is 6.38. The molecule has 2 aliphatic rings. The van der Waals surface area contributed by atoms with Crippen molar-refractivity contribution >= 4 is 0 Å². The maximum Gasteiger partial charge on any atom is 0.330 e. The van der Waals surface area contributed by atoms with E-state index in [0.717, 1.165) is 11.1 Å². The maximum absolute atomic E-state index is 12.6. The minimum absolute atomic E-state index is 0.200. The van der Waals surface area contributed by atoms with Gasteiger partial charge in [0.2, 0.25) is 0 Å². The van der Waals surface area contributed by atoms with Crippen molar-refractivity contribution in [3.8, 4) is 0 Å². The molecule has 3 heterocycles. The summed E-state index contributed by atoms with van der Waals surface area (Å²) in [6.07, 6.45) is 0.767. The predicted octanol–water partition coefficient (Wildman–Crippen LogP) is 2.70. The number of aryl methyl sites for hydroxylation is 1. The zero-order chi connectivity index (χ0) is 23.5. The first-order valence-corrected chi connectivity index (χ1v) is 11.4. The van der Waals surface area contributed by atoms with E-state index >= 15 is 0 Å². The van der Waals surface area contributed by atoms with Gasteiger partial charge in [0, 0.05) is 18.2 Å². The van der Waals surface area contributed by atoms with Crippen molar-refractivity contribution in [2.24, 2.45) is 0 Å². The van der Waals surface area contributed by atoms with Gasteiger partial charge in [-0.2, -0.15) is 0 Å². The van der Waals surface area contributed by atoms with E-state index in [2.05, 4.69) is 4.98 Å². The van der Waals surface area contributed by atoms with Gasteiger partial charge in [-0.15, -0.1) is 0 Å². The zero-order valence-electron chi connectivity index (χ0n) is 19.0. The number of nitrogens with zero attached hydrogens (tertiary/aromatic N) is 1. The molecule has 0 spiro atoms. The molecule has 2 fully saturated rings. The Morgan fingerprint density at radius 2 is 1.68 bits per heavy atom. The SMILES string of the molecule is Cc1cn([C@H]2C[C@H](OCc3ccccc3)[C@](COCc3ccccc3)(C3CO3)O2)c(=O)[nH]c1=O. The number of hydrogen-bond donors (Lipinski definition) is 1. The van der Waals surface area contributed by atoms with Gasteiger partial charge in [-0.05, 0) is 18.1 Å². The van der Waals surface area contributed by atoms with E-state index in [0.29, 0.717) is 31.8 Å². The minimum atomic E-state index is -0.877. The summed E-state index contributed by atoms with van der Waals surface area (Å²) < 4.78 is 26.2. The second-order valence-electron chi connectivity index (χ2n) is 8.83. The van der Waals surface area contributed by atoms with Crippen LogP contribution in [0, 0.1) is 6.92 Å². The van der Waals surface area contributed by atoms with Gasteiger partial charge in [-0.1, -0.05) is 60.7 Å². The van der Waals surface area contributed by atoms with E-state index in [9.17, 15) is 9.59 Å². The lowest BCUT2D eigenvalue weighted by molar-refractivity contribution is -0.167. The molecule has 0 radical (unpaired) electrons. The number of epoxide rings is 1. The average Bonchev–Trinajstić information content (AvgIpc) is 3.64. The van der Waals surface area contributed by atoms with Crippen LogP contribution in [0.25, 0.3) is 0 Å². The summed E-state index contributed by atoms with van der Waals surface area (Å²) in [6, 6.07) is 19.8. The third kappa shape index (κ3) is 4.76. The number of benzene rings is 2. The molecule has 1 aromatic heterocycles. The summed E-state index contributed by atoms with van der Waals surface area (Å²) >= 11 is 0. The van der Waals surface area contributed by atoms with E-state index in [4.69, 9.17) is 18.9 Å². The Bertz CT molecular complexity index is 1220. The van der Waals surface area contributed by atoms with Gasteiger partial charge in [0.1, 0.15) is 17.9 Å². The van der Waals surface area contributed by atoms with Crippen LogP contribution in [0.1, 0.15) is 29.3 Å².